The maximum atomic E-state index is 10.7. The van der Waals surface area contributed by atoms with Gasteiger partial charge in [0.15, 0.2) is 0 Å². The Morgan fingerprint density at radius 2 is 2.33 bits per heavy atom. The highest BCUT2D eigenvalue weighted by Crippen LogP contribution is 1.88. The van der Waals surface area contributed by atoms with Crippen molar-refractivity contribution in [3.8, 4) is 0 Å². The third-order valence-electron chi connectivity index (χ3n) is 0.997. The van der Waals surface area contributed by atoms with Crippen LogP contribution in [0.25, 0.3) is 0 Å². The van der Waals surface area contributed by atoms with E-state index < -0.39 is 0 Å². The quantitative estimate of drug-likeness (QED) is 0.603. The number of nitrogens with one attached hydrogen (secondary N) is 1. The van der Waals surface area contributed by atoms with Crippen LogP contribution in [0.4, 0.5) is 0 Å². The molecule has 0 fully saturated rings. The summed E-state index contributed by atoms with van der Waals surface area (Å²) in [6, 6.07) is 0. The van der Waals surface area contributed by atoms with Crippen LogP contribution in [0.5, 0.6) is 0 Å². The van der Waals surface area contributed by atoms with E-state index in [0.29, 0.717) is 0 Å². The fraction of sp³-hybridized carbons (Fsp3) is 0.714. The number of hydrogen-bond donors (Lipinski definition) is 1. The predicted molar refractivity (Wildman–Crippen MR) is 37.8 cm³/mol. The SMILES string of the molecule is [CH2]C(C)C(=O)NCCC. The minimum Gasteiger partial charge on any atom is -0.356 e. The molecule has 0 aliphatic heterocycles. The van der Waals surface area contributed by atoms with Crippen molar-refractivity contribution in [3.05, 3.63) is 6.92 Å². The lowest BCUT2D eigenvalue weighted by Crippen LogP contribution is -2.28. The maximum absolute atomic E-state index is 10.7. The second kappa shape index (κ2) is 4.36. The lowest BCUT2D eigenvalue weighted by molar-refractivity contribution is -0.123. The molecule has 9 heavy (non-hydrogen) atoms. The highest BCUT2D eigenvalue weighted by Gasteiger charge is 2.03. The Morgan fingerprint density at radius 3 is 2.67 bits per heavy atom. The molecule has 0 rings (SSSR count). The summed E-state index contributed by atoms with van der Waals surface area (Å²) < 4.78 is 0. The number of carbonyl (C=O) groups is 1. The van der Waals surface area contributed by atoms with Crippen LogP contribution in [0.15, 0.2) is 0 Å². The maximum Gasteiger partial charge on any atom is 0.222 e. The minimum atomic E-state index is -0.128. The topological polar surface area (TPSA) is 29.1 Å². The Kier molecular flexibility index (Phi) is 4.10. The molecule has 1 amide bonds. The molecular formula is C7H14NO. The zero-order valence-corrected chi connectivity index (χ0v) is 6.11. The smallest absolute Gasteiger partial charge is 0.222 e. The van der Waals surface area contributed by atoms with Gasteiger partial charge in [-0.3, -0.25) is 4.79 Å². The summed E-state index contributed by atoms with van der Waals surface area (Å²) in [5.41, 5.74) is 0. The molecule has 1 atom stereocenters. The van der Waals surface area contributed by atoms with Crippen molar-refractivity contribution < 1.29 is 4.79 Å². The van der Waals surface area contributed by atoms with Crippen LogP contribution in [-0.2, 0) is 4.79 Å². The first kappa shape index (κ1) is 8.47. The van der Waals surface area contributed by atoms with Gasteiger partial charge in [0.1, 0.15) is 0 Å². The predicted octanol–water partition coefficient (Wildman–Crippen LogP) is 0.983. The van der Waals surface area contributed by atoms with Crippen molar-refractivity contribution in [2.24, 2.45) is 5.92 Å². The van der Waals surface area contributed by atoms with Crippen molar-refractivity contribution in [2.45, 2.75) is 20.3 Å². The lowest BCUT2D eigenvalue weighted by atomic mass is 10.2. The Bertz CT molecular complexity index is 88.9. The molecular weight excluding hydrogens is 114 g/mol. The summed E-state index contributed by atoms with van der Waals surface area (Å²) in [6.07, 6.45) is 0.985. The van der Waals surface area contributed by atoms with E-state index in [1.165, 1.54) is 0 Å². The molecule has 1 N–H and O–H groups in total. The van der Waals surface area contributed by atoms with Crippen LogP contribution < -0.4 is 5.32 Å². The van der Waals surface area contributed by atoms with Gasteiger partial charge >= 0.3 is 0 Å². The van der Waals surface area contributed by atoms with Crippen LogP contribution in [0.3, 0.4) is 0 Å². The third-order valence-corrected chi connectivity index (χ3v) is 0.997. The Labute approximate surface area is 56.6 Å². The van der Waals surface area contributed by atoms with Gasteiger partial charge in [0.25, 0.3) is 0 Å². The molecule has 0 heterocycles. The first-order chi connectivity index (χ1) is 4.18. The summed E-state index contributed by atoms with van der Waals surface area (Å²) in [5.74, 6) is -0.0894. The van der Waals surface area contributed by atoms with E-state index in [0.717, 1.165) is 13.0 Å². The molecule has 0 aliphatic rings. The summed E-state index contributed by atoms with van der Waals surface area (Å²) in [6.45, 7) is 8.15. The molecule has 0 spiro atoms. The Balaban J connectivity index is 3.28. The van der Waals surface area contributed by atoms with Crippen LogP contribution in [0, 0.1) is 12.8 Å². The van der Waals surface area contributed by atoms with Gasteiger partial charge in [-0.25, -0.2) is 0 Å². The number of amides is 1. The van der Waals surface area contributed by atoms with Crippen molar-refractivity contribution in [1.82, 2.24) is 5.32 Å². The van der Waals surface area contributed by atoms with Crippen LogP contribution in [-0.4, -0.2) is 12.5 Å². The Morgan fingerprint density at radius 1 is 1.78 bits per heavy atom. The van der Waals surface area contributed by atoms with Gasteiger partial charge in [-0.15, -0.1) is 0 Å². The highest BCUT2D eigenvalue weighted by molar-refractivity contribution is 5.78. The lowest BCUT2D eigenvalue weighted by Gasteiger charge is -2.04. The molecule has 2 heteroatoms. The minimum absolute atomic E-state index is 0.0388. The van der Waals surface area contributed by atoms with Crippen molar-refractivity contribution >= 4 is 5.91 Å². The largest absolute Gasteiger partial charge is 0.356 e. The van der Waals surface area contributed by atoms with Gasteiger partial charge in [-0.1, -0.05) is 13.8 Å². The molecule has 53 valence electrons. The Hall–Kier alpha value is -0.530. The number of carbonyl (C=O) groups excluding carboxylic acids is 1. The molecule has 1 radical (unpaired) electrons. The number of rotatable bonds is 3. The first-order valence-corrected chi connectivity index (χ1v) is 3.29. The normalized spacial score (nSPS) is 9.78. The standard InChI is InChI=1S/C7H14NO/c1-4-5-8-7(9)6(2)3/h6H,2,4-5H2,1,3H3,(H,8,9). The van der Waals surface area contributed by atoms with Crippen molar-refractivity contribution in [3.63, 3.8) is 0 Å². The van der Waals surface area contributed by atoms with Gasteiger partial charge < -0.3 is 5.32 Å². The molecule has 0 aliphatic carbocycles. The van der Waals surface area contributed by atoms with Crippen LogP contribution in [0.1, 0.15) is 20.3 Å². The van der Waals surface area contributed by atoms with Crippen molar-refractivity contribution in [1.29, 1.82) is 0 Å². The van der Waals surface area contributed by atoms with E-state index in [9.17, 15) is 4.79 Å². The van der Waals surface area contributed by atoms with Crippen molar-refractivity contribution in [2.75, 3.05) is 6.54 Å². The summed E-state index contributed by atoms with van der Waals surface area (Å²) in [5, 5.41) is 2.73. The van der Waals surface area contributed by atoms with Crippen LogP contribution in [0.2, 0.25) is 0 Å². The van der Waals surface area contributed by atoms with E-state index >= 15 is 0 Å². The molecule has 0 saturated carbocycles. The number of hydrogen-bond acceptors (Lipinski definition) is 1. The second-order valence-electron chi connectivity index (χ2n) is 2.19. The summed E-state index contributed by atoms with van der Waals surface area (Å²) in [7, 11) is 0. The van der Waals surface area contributed by atoms with E-state index in [-0.39, 0.29) is 11.8 Å². The van der Waals surface area contributed by atoms with Gasteiger partial charge in [-0.05, 0) is 13.3 Å². The second-order valence-corrected chi connectivity index (χ2v) is 2.19. The van der Waals surface area contributed by atoms with Gasteiger partial charge in [0.05, 0.1) is 0 Å². The van der Waals surface area contributed by atoms with E-state index in [1.54, 1.807) is 6.92 Å². The summed E-state index contributed by atoms with van der Waals surface area (Å²) >= 11 is 0. The molecule has 0 aromatic rings. The van der Waals surface area contributed by atoms with Crippen LogP contribution >= 0.6 is 0 Å². The van der Waals surface area contributed by atoms with Gasteiger partial charge in [-0.2, -0.15) is 0 Å². The monoisotopic (exact) mass is 128 g/mol. The fourth-order valence-corrected chi connectivity index (χ4v) is 0.422. The fourth-order valence-electron chi connectivity index (χ4n) is 0.422. The zero-order valence-electron chi connectivity index (χ0n) is 6.11. The van der Waals surface area contributed by atoms with E-state index in [1.807, 2.05) is 6.92 Å². The van der Waals surface area contributed by atoms with Gasteiger partial charge in [0, 0.05) is 12.5 Å². The van der Waals surface area contributed by atoms with Gasteiger partial charge in [0.2, 0.25) is 5.91 Å². The van der Waals surface area contributed by atoms with E-state index in [2.05, 4.69) is 12.2 Å². The molecule has 1 unspecified atom stereocenters. The molecule has 2 nitrogen and oxygen atoms in total. The zero-order chi connectivity index (χ0) is 7.28. The summed E-state index contributed by atoms with van der Waals surface area (Å²) in [4.78, 5) is 10.7. The molecule has 0 aromatic heterocycles. The molecule has 0 aromatic carbocycles. The highest BCUT2D eigenvalue weighted by atomic mass is 16.1. The average Bonchev–Trinajstić information content (AvgIpc) is 1.82. The van der Waals surface area contributed by atoms with E-state index in [4.69, 9.17) is 0 Å². The first-order valence-electron chi connectivity index (χ1n) is 3.29. The molecule has 0 bridgehead atoms. The average molecular weight is 128 g/mol. The molecule has 0 saturated heterocycles. The third kappa shape index (κ3) is 4.01.